The van der Waals surface area contributed by atoms with Crippen LogP contribution < -0.4 is 0 Å². The van der Waals surface area contributed by atoms with Gasteiger partial charge in [-0.1, -0.05) is 24.2 Å². The van der Waals surface area contributed by atoms with Crippen molar-refractivity contribution in [1.82, 2.24) is 19.9 Å². The molecule has 2 aromatic heterocycles. The summed E-state index contributed by atoms with van der Waals surface area (Å²) in [6.45, 7) is 3.01. The number of benzene rings is 1. The minimum absolute atomic E-state index is 0.374. The molecule has 24 heavy (non-hydrogen) atoms. The third-order valence-electron chi connectivity index (χ3n) is 4.87. The van der Waals surface area contributed by atoms with E-state index >= 15 is 0 Å². The summed E-state index contributed by atoms with van der Waals surface area (Å²) in [4.78, 5) is 4.60. The van der Waals surface area contributed by atoms with Crippen LogP contribution in [0.4, 0.5) is 0 Å². The third kappa shape index (κ3) is 2.94. The van der Waals surface area contributed by atoms with Crippen LogP contribution in [0, 0.1) is 5.92 Å². The molecule has 6 nitrogen and oxygen atoms in total. The minimum atomic E-state index is 0.374. The molecule has 1 aliphatic rings. The monoisotopic (exact) mass is 326 g/mol. The molecule has 1 aliphatic heterocycles. The van der Waals surface area contributed by atoms with E-state index in [2.05, 4.69) is 28.2 Å². The van der Waals surface area contributed by atoms with Crippen LogP contribution in [0.25, 0.3) is 22.3 Å². The fourth-order valence-electron chi connectivity index (χ4n) is 3.41. The van der Waals surface area contributed by atoms with Crippen LogP contribution in [0.1, 0.15) is 32.1 Å². The summed E-state index contributed by atoms with van der Waals surface area (Å²) >= 11 is 0. The van der Waals surface area contributed by atoms with Gasteiger partial charge in [0.15, 0.2) is 0 Å². The molecule has 0 N–H and O–H groups in total. The summed E-state index contributed by atoms with van der Waals surface area (Å²) < 4.78 is 13.1. The van der Waals surface area contributed by atoms with Crippen LogP contribution >= 0.6 is 0 Å². The highest BCUT2D eigenvalue weighted by Crippen LogP contribution is 2.26. The number of rotatable bonds is 4. The fourth-order valence-corrected chi connectivity index (χ4v) is 3.41. The van der Waals surface area contributed by atoms with Gasteiger partial charge in [0.05, 0.1) is 17.8 Å². The molecular formula is C18H22N4O2. The van der Waals surface area contributed by atoms with Crippen molar-refractivity contribution < 1.29 is 9.26 Å². The fraction of sp³-hybridized carbons (Fsp3) is 0.500. The van der Waals surface area contributed by atoms with E-state index in [1.165, 1.54) is 0 Å². The molecule has 0 saturated carbocycles. The van der Waals surface area contributed by atoms with Gasteiger partial charge < -0.3 is 9.26 Å². The van der Waals surface area contributed by atoms with E-state index < -0.39 is 0 Å². The summed E-state index contributed by atoms with van der Waals surface area (Å²) in [6.07, 6.45) is 6.27. The van der Waals surface area contributed by atoms with Crippen molar-refractivity contribution in [3.8, 4) is 11.4 Å². The van der Waals surface area contributed by atoms with E-state index in [0.29, 0.717) is 17.8 Å². The number of aryl methyl sites for hydroxylation is 1. The van der Waals surface area contributed by atoms with Crippen LogP contribution in [0.3, 0.4) is 0 Å². The Labute approximate surface area is 140 Å². The first-order chi connectivity index (χ1) is 11.7. The topological polar surface area (TPSA) is 66.0 Å². The highest BCUT2D eigenvalue weighted by molar-refractivity contribution is 5.83. The van der Waals surface area contributed by atoms with Crippen molar-refractivity contribution in [2.24, 2.45) is 13.0 Å². The summed E-state index contributed by atoms with van der Waals surface area (Å²) in [5.41, 5.74) is 2.02. The minimum Gasteiger partial charge on any atom is -0.378 e. The molecule has 6 heteroatoms. The van der Waals surface area contributed by atoms with Gasteiger partial charge in [-0.3, -0.25) is 4.68 Å². The van der Waals surface area contributed by atoms with E-state index in [1.54, 1.807) is 0 Å². The Morgan fingerprint density at radius 2 is 2.25 bits per heavy atom. The molecule has 0 aliphatic carbocycles. The molecule has 0 bridgehead atoms. The maximum Gasteiger partial charge on any atom is 0.227 e. The Balaban J connectivity index is 1.52. The molecule has 4 rings (SSSR count). The van der Waals surface area contributed by atoms with E-state index in [9.17, 15) is 0 Å². The first kappa shape index (κ1) is 15.3. The van der Waals surface area contributed by atoms with Gasteiger partial charge in [0, 0.05) is 31.0 Å². The van der Waals surface area contributed by atoms with Gasteiger partial charge in [-0.2, -0.15) is 10.1 Å². The molecule has 1 aromatic carbocycles. The molecule has 126 valence electrons. The predicted molar refractivity (Wildman–Crippen MR) is 90.5 cm³/mol. The average molecular weight is 326 g/mol. The molecular weight excluding hydrogens is 304 g/mol. The summed E-state index contributed by atoms with van der Waals surface area (Å²) in [6, 6.07) is 6.11. The summed E-state index contributed by atoms with van der Waals surface area (Å²) in [5, 5.41) is 9.54. The first-order valence-electron chi connectivity index (χ1n) is 8.59. The molecule has 3 aromatic rings. The lowest BCUT2D eigenvalue weighted by atomic mass is 9.91. The first-order valence-corrected chi connectivity index (χ1v) is 8.59. The SMILES string of the molecule is CC[C@H]1C[C@@H](Cc2nc(-c3ccc4cnn(C)c4c3)no2)CCO1. The maximum atomic E-state index is 5.74. The van der Waals surface area contributed by atoms with Crippen molar-refractivity contribution in [3.05, 3.63) is 30.3 Å². The van der Waals surface area contributed by atoms with Gasteiger partial charge >= 0.3 is 0 Å². The van der Waals surface area contributed by atoms with Crippen molar-refractivity contribution in [3.63, 3.8) is 0 Å². The molecule has 0 unspecified atom stereocenters. The van der Waals surface area contributed by atoms with Gasteiger partial charge in [-0.25, -0.2) is 0 Å². The van der Waals surface area contributed by atoms with Crippen LogP contribution in [-0.4, -0.2) is 32.6 Å². The zero-order chi connectivity index (χ0) is 16.5. The lowest BCUT2D eigenvalue weighted by Gasteiger charge is -2.27. The highest BCUT2D eigenvalue weighted by atomic mass is 16.5. The number of hydrogen-bond donors (Lipinski definition) is 0. The number of aromatic nitrogens is 4. The number of hydrogen-bond acceptors (Lipinski definition) is 5. The van der Waals surface area contributed by atoms with Crippen LogP contribution in [0.15, 0.2) is 28.9 Å². The smallest absolute Gasteiger partial charge is 0.227 e. The van der Waals surface area contributed by atoms with Crippen molar-refractivity contribution in [2.75, 3.05) is 6.61 Å². The quantitative estimate of drug-likeness (QED) is 0.735. The van der Waals surface area contributed by atoms with Crippen molar-refractivity contribution in [1.29, 1.82) is 0 Å². The van der Waals surface area contributed by atoms with Crippen molar-refractivity contribution in [2.45, 2.75) is 38.7 Å². The van der Waals surface area contributed by atoms with E-state index in [-0.39, 0.29) is 0 Å². The van der Waals surface area contributed by atoms with Gasteiger partial charge in [-0.15, -0.1) is 0 Å². The van der Waals surface area contributed by atoms with E-state index in [1.807, 2.05) is 30.1 Å². The second-order valence-electron chi connectivity index (χ2n) is 6.55. The van der Waals surface area contributed by atoms with Crippen molar-refractivity contribution >= 4 is 10.9 Å². The molecule has 3 heterocycles. The Kier molecular flexibility index (Phi) is 4.06. The Hall–Kier alpha value is -2.21. The third-order valence-corrected chi connectivity index (χ3v) is 4.87. The second-order valence-corrected chi connectivity index (χ2v) is 6.55. The van der Waals surface area contributed by atoms with Crippen LogP contribution in [0.2, 0.25) is 0 Å². The van der Waals surface area contributed by atoms with Crippen LogP contribution in [-0.2, 0) is 18.2 Å². The van der Waals surface area contributed by atoms with Crippen LogP contribution in [0.5, 0.6) is 0 Å². The zero-order valence-corrected chi connectivity index (χ0v) is 14.1. The normalized spacial score (nSPS) is 21.4. The molecule has 0 amide bonds. The molecule has 2 atom stereocenters. The molecule has 1 fully saturated rings. The Morgan fingerprint density at radius 1 is 1.33 bits per heavy atom. The standard InChI is InChI=1S/C18H22N4O2/c1-3-15-8-12(6-7-23-15)9-17-20-18(21-24-17)13-4-5-14-11-19-22(2)16(14)10-13/h4-5,10-12,15H,3,6-9H2,1-2H3/t12-,15-/m0/s1. The highest BCUT2D eigenvalue weighted by Gasteiger charge is 2.23. The van der Waals surface area contributed by atoms with E-state index in [0.717, 1.165) is 54.6 Å². The lowest BCUT2D eigenvalue weighted by Crippen LogP contribution is -2.26. The second kappa shape index (κ2) is 6.36. The Morgan fingerprint density at radius 3 is 3.12 bits per heavy atom. The predicted octanol–water partition coefficient (Wildman–Crippen LogP) is 3.37. The average Bonchev–Trinajstić information content (AvgIpc) is 3.22. The Bertz CT molecular complexity index is 839. The number of fused-ring (bicyclic) bond motifs is 1. The largest absolute Gasteiger partial charge is 0.378 e. The molecule has 1 saturated heterocycles. The zero-order valence-electron chi connectivity index (χ0n) is 14.1. The summed E-state index contributed by atoms with van der Waals surface area (Å²) in [5.74, 6) is 1.93. The van der Waals surface area contributed by atoms with E-state index in [4.69, 9.17) is 9.26 Å². The summed E-state index contributed by atoms with van der Waals surface area (Å²) in [7, 11) is 1.93. The lowest BCUT2D eigenvalue weighted by molar-refractivity contribution is -0.0115. The van der Waals surface area contributed by atoms with Gasteiger partial charge in [0.25, 0.3) is 0 Å². The van der Waals surface area contributed by atoms with Gasteiger partial charge in [0.2, 0.25) is 11.7 Å². The molecule has 0 spiro atoms. The molecule has 0 radical (unpaired) electrons. The maximum absolute atomic E-state index is 5.74. The van der Waals surface area contributed by atoms with Gasteiger partial charge in [0.1, 0.15) is 0 Å². The number of ether oxygens (including phenoxy) is 1. The number of nitrogens with zero attached hydrogens (tertiary/aromatic N) is 4. The van der Waals surface area contributed by atoms with Gasteiger partial charge in [-0.05, 0) is 31.2 Å².